The average Bonchev–Trinajstić information content (AvgIpc) is 2.68. The molecular formula is C21H23ClN4O. The number of nitrogens with zero attached hydrogens (tertiary/aromatic N) is 3. The Hall–Kier alpha value is -2.97. The number of benzene rings is 1. The predicted molar refractivity (Wildman–Crippen MR) is 111 cm³/mol. The Labute approximate surface area is 164 Å². The second-order valence-corrected chi connectivity index (χ2v) is 5.80. The van der Waals surface area contributed by atoms with E-state index in [0.717, 1.165) is 11.1 Å². The molecule has 0 aliphatic carbocycles. The topological polar surface area (TPSA) is 78.7 Å². The molecule has 140 valence electrons. The van der Waals surface area contributed by atoms with Crippen LogP contribution in [-0.4, -0.2) is 16.5 Å². The predicted octanol–water partition coefficient (Wildman–Crippen LogP) is 3.44. The molecule has 0 amide bonds. The third kappa shape index (κ3) is 5.50. The molecular weight excluding hydrogens is 360 g/mol. The van der Waals surface area contributed by atoms with Crippen molar-refractivity contribution in [3.05, 3.63) is 62.6 Å². The summed E-state index contributed by atoms with van der Waals surface area (Å²) in [6.07, 6.45) is 4.07. The molecule has 0 atom stereocenters. The van der Waals surface area contributed by atoms with Crippen molar-refractivity contribution in [2.24, 2.45) is 0 Å². The highest BCUT2D eigenvalue weighted by atomic mass is 35.5. The van der Waals surface area contributed by atoms with Crippen molar-refractivity contribution in [1.82, 2.24) is 10.2 Å². The number of rotatable bonds is 5. The molecule has 0 saturated heterocycles. The van der Waals surface area contributed by atoms with Crippen LogP contribution in [0.3, 0.4) is 0 Å². The lowest BCUT2D eigenvalue weighted by molar-refractivity contribution is 0.111. The molecule has 27 heavy (non-hydrogen) atoms. The molecule has 0 spiro atoms. The molecule has 5 nitrogen and oxygen atoms in total. The van der Waals surface area contributed by atoms with Crippen LogP contribution in [0.1, 0.15) is 48.0 Å². The summed E-state index contributed by atoms with van der Waals surface area (Å²) in [5.74, 6) is 0.488. The van der Waals surface area contributed by atoms with Crippen LogP contribution in [0.5, 0.6) is 0 Å². The summed E-state index contributed by atoms with van der Waals surface area (Å²) < 4.78 is 0. The number of aromatic nitrogens is 2. The van der Waals surface area contributed by atoms with Gasteiger partial charge in [0, 0.05) is 22.0 Å². The Bertz CT molecular complexity index is 990. The molecule has 0 radical (unpaired) electrons. The third-order valence-electron chi connectivity index (χ3n) is 3.79. The molecule has 1 heterocycles. The number of aldehydes is 1. The number of carbonyl (C=O) groups is 1. The Morgan fingerprint density at radius 3 is 2.59 bits per heavy atom. The first kappa shape index (κ1) is 22.1. The number of hydrogen-bond acceptors (Lipinski definition) is 5. The first-order valence-corrected chi connectivity index (χ1v) is 8.96. The Morgan fingerprint density at radius 2 is 2.04 bits per heavy atom. The lowest BCUT2D eigenvalue weighted by atomic mass is 10.0. The number of nitrogens with one attached hydrogen (secondary N) is 1. The zero-order valence-electron chi connectivity index (χ0n) is 16.0. The Kier molecular flexibility index (Phi) is 8.91. The highest BCUT2D eigenvalue weighted by Crippen LogP contribution is 2.13. The van der Waals surface area contributed by atoms with Crippen LogP contribution in [0.4, 0.5) is 5.82 Å². The van der Waals surface area contributed by atoms with Crippen LogP contribution < -0.4 is 15.8 Å². The smallest absolute Gasteiger partial charge is 0.170 e. The van der Waals surface area contributed by atoms with Crippen LogP contribution in [-0.2, 0) is 6.54 Å². The normalized spacial score (nSPS) is 11.3. The van der Waals surface area contributed by atoms with Gasteiger partial charge < -0.3 is 5.32 Å². The molecule has 0 fully saturated rings. The summed E-state index contributed by atoms with van der Waals surface area (Å²) in [6, 6.07) is 7.72. The molecule has 2 aromatic rings. The van der Waals surface area contributed by atoms with E-state index in [4.69, 9.17) is 16.9 Å². The summed E-state index contributed by atoms with van der Waals surface area (Å²) in [6.45, 7) is 11.8. The van der Waals surface area contributed by atoms with Gasteiger partial charge in [-0.15, -0.1) is 10.2 Å². The lowest BCUT2D eigenvalue weighted by Gasteiger charge is -2.10. The standard InChI is InChI=1S/C19H17ClN4O.C2H6/c1-4-16-17(8-12(2)20)19(24-23-18(16)11-25)22-10-15-7-5-6-14(9-21)13(15)3;1-2/h4-8,11H,2,10H2,1,3H3,(H,22,24);1-2H3/b16-4+,17-8+;. The first-order chi connectivity index (χ1) is 13.0. The van der Waals surface area contributed by atoms with E-state index < -0.39 is 0 Å². The Balaban J connectivity index is 0.00000176. The zero-order chi connectivity index (χ0) is 20.4. The van der Waals surface area contributed by atoms with Crippen molar-refractivity contribution in [2.45, 2.75) is 34.2 Å². The molecule has 1 aromatic carbocycles. The summed E-state index contributed by atoms with van der Waals surface area (Å²) >= 11 is 5.93. The van der Waals surface area contributed by atoms with Crippen molar-refractivity contribution in [1.29, 1.82) is 5.26 Å². The Morgan fingerprint density at radius 1 is 1.33 bits per heavy atom. The van der Waals surface area contributed by atoms with E-state index in [1.54, 1.807) is 18.2 Å². The number of carbonyl (C=O) groups excluding carboxylic acids is 1. The second kappa shape index (κ2) is 10.9. The van der Waals surface area contributed by atoms with Gasteiger partial charge in [0.2, 0.25) is 0 Å². The summed E-state index contributed by atoms with van der Waals surface area (Å²) in [5, 5.41) is 22.0. The fourth-order valence-corrected chi connectivity index (χ4v) is 2.59. The van der Waals surface area contributed by atoms with Gasteiger partial charge in [0.05, 0.1) is 11.6 Å². The lowest BCUT2D eigenvalue weighted by Crippen LogP contribution is -2.34. The van der Waals surface area contributed by atoms with E-state index in [2.05, 4.69) is 28.2 Å². The molecule has 0 unspecified atom stereocenters. The first-order valence-electron chi connectivity index (χ1n) is 8.58. The van der Waals surface area contributed by atoms with Gasteiger partial charge in [-0.25, -0.2) is 0 Å². The number of allylic oxidation sites excluding steroid dienone is 1. The van der Waals surface area contributed by atoms with E-state index in [1.807, 2.05) is 39.8 Å². The minimum absolute atomic E-state index is 0.236. The van der Waals surface area contributed by atoms with Gasteiger partial charge >= 0.3 is 0 Å². The molecule has 0 bridgehead atoms. The maximum atomic E-state index is 11.2. The van der Waals surface area contributed by atoms with Crippen molar-refractivity contribution < 1.29 is 4.79 Å². The van der Waals surface area contributed by atoms with Crippen molar-refractivity contribution >= 4 is 35.9 Å². The van der Waals surface area contributed by atoms with E-state index in [0.29, 0.717) is 39.7 Å². The molecule has 6 heteroatoms. The molecule has 2 rings (SSSR count). The minimum Gasteiger partial charge on any atom is -0.364 e. The molecule has 1 N–H and O–H groups in total. The van der Waals surface area contributed by atoms with Crippen LogP contribution in [0.2, 0.25) is 0 Å². The van der Waals surface area contributed by atoms with Gasteiger partial charge in [-0.3, -0.25) is 4.79 Å². The van der Waals surface area contributed by atoms with Crippen LogP contribution in [0.15, 0.2) is 29.8 Å². The number of anilines is 1. The SMILES string of the molecule is C=C(Cl)/C=c1/c(NCc2cccc(C#N)c2C)nnc(C=O)/c1=C/C.CC. The van der Waals surface area contributed by atoms with Crippen molar-refractivity contribution in [2.75, 3.05) is 5.32 Å². The van der Waals surface area contributed by atoms with Crippen LogP contribution in [0.25, 0.3) is 12.2 Å². The quantitative estimate of drug-likeness (QED) is 0.801. The highest BCUT2D eigenvalue weighted by Gasteiger charge is 2.08. The van der Waals surface area contributed by atoms with E-state index in [1.165, 1.54) is 0 Å². The van der Waals surface area contributed by atoms with E-state index in [-0.39, 0.29) is 5.69 Å². The molecule has 0 saturated carbocycles. The minimum atomic E-state index is 0.236. The van der Waals surface area contributed by atoms with Gasteiger partial charge in [0.15, 0.2) is 12.1 Å². The fraction of sp³-hybridized carbons (Fsp3) is 0.238. The van der Waals surface area contributed by atoms with Gasteiger partial charge in [-0.2, -0.15) is 5.26 Å². The molecule has 1 aromatic heterocycles. The monoisotopic (exact) mass is 382 g/mol. The maximum absolute atomic E-state index is 11.2. The van der Waals surface area contributed by atoms with Gasteiger partial charge in [0.1, 0.15) is 5.69 Å². The zero-order valence-corrected chi connectivity index (χ0v) is 16.8. The van der Waals surface area contributed by atoms with Gasteiger partial charge in [0.25, 0.3) is 0 Å². The number of halogens is 1. The fourth-order valence-electron chi connectivity index (χ4n) is 2.48. The van der Waals surface area contributed by atoms with Gasteiger partial charge in [-0.1, -0.05) is 50.2 Å². The van der Waals surface area contributed by atoms with Crippen LogP contribution in [0, 0.1) is 18.3 Å². The van der Waals surface area contributed by atoms with E-state index >= 15 is 0 Å². The largest absolute Gasteiger partial charge is 0.364 e. The van der Waals surface area contributed by atoms with Crippen molar-refractivity contribution in [3.63, 3.8) is 0 Å². The van der Waals surface area contributed by atoms with E-state index in [9.17, 15) is 4.79 Å². The average molecular weight is 383 g/mol. The molecule has 0 aliphatic heterocycles. The highest BCUT2D eigenvalue weighted by molar-refractivity contribution is 6.33. The number of nitriles is 1. The second-order valence-electron chi connectivity index (χ2n) is 5.31. The summed E-state index contributed by atoms with van der Waals surface area (Å²) in [7, 11) is 0. The van der Waals surface area contributed by atoms with Crippen molar-refractivity contribution in [3.8, 4) is 6.07 Å². The maximum Gasteiger partial charge on any atom is 0.170 e. The summed E-state index contributed by atoms with van der Waals surface area (Å²) in [5.41, 5.74) is 2.74. The molecule has 0 aliphatic rings. The van der Waals surface area contributed by atoms with Crippen LogP contribution >= 0.6 is 11.6 Å². The number of hydrogen-bond donors (Lipinski definition) is 1. The van der Waals surface area contributed by atoms with Gasteiger partial charge in [-0.05, 0) is 37.1 Å². The summed E-state index contributed by atoms with van der Waals surface area (Å²) in [4.78, 5) is 11.2. The third-order valence-corrected chi connectivity index (χ3v) is 3.90.